The lowest BCUT2D eigenvalue weighted by molar-refractivity contribution is -0.113. The molecule has 31 heavy (non-hydrogen) atoms. The lowest BCUT2D eigenvalue weighted by Gasteiger charge is -2.01. The zero-order chi connectivity index (χ0) is 21.5. The van der Waals surface area contributed by atoms with Crippen molar-refractivity contribution >= 4 is 34.3 Å². The number of rotatable bonds is 5. The zero-order valence-corrected chi connectivity index (χ0v) is 17.2. The summed E-state index contributed by atoms with van der Waals surface area (Å²) in [6.45, 7) is 3.62. The van der Waals surface area contributed by atoms with Crippen LogP contribution in [-0.4, -0.2) is 38.8 Å². The topological polar surface area (TPSA) is 145 Å². The number of carbonyl (C=O) groups is 1. The highest BCUT2D eigenvalue weighted by Gasteiger charge is 2.20. The Balaban J connectivity index is 1.27. The second kappa shape index (κ2) is 7.47. The van der Waals surface area contributed by atoms with Gasteiger partial charge in [-0.1, -0.05) is 11.8 Å². The minimum absolute atomic E-state index is 0.0218. The summed E-state index contributed by atoms with van der Waals surface area (Å²) < 4.78 is 21.8. The van der Waals surface area contributed by atoms with Crippen molar-refractivity contribution in [3.63, 3.8) is 0 Å². The van der Waals surface area contributed by atoms with Gasteiger partial charge in [0.1, 0.15) is 11.1 Å². The predicted molar refractivity (Wildman–Crippen MR) is 109 cm³/mol. The van der Waals surface area contributed by atoms with Crippen LogP contribution in [0.1, 0.15) is 11.5 Å². The van der Waals surface area contributed by atoms with Crippen LogP contribution in [0.25, 0.3) is 22.2 Å². The zero-order valence-electron chi connectivity index (χ0n) is 16.3. The predicted octanol–water partition coefficient (Wildman–Crippen LogP) is 2.64. The van der Waals surface area contributed by atoms with E-state index >= 15 is 0 Å². The minimum Gasteiger partial charge on any atom is -0.454 e. The summed E-state index contributed by atoms with van der Waals surface area (Å²) >= 11 is 1.06. The summed E-state index contributed by atoms with van der Waals surface area (Å²) in [5.41, 5.74) is 0.840. The number of anilines is 1. The van der Waals surface area contributed by atoms with Gasteiger partial charge in [0.2, 0.25) is 24.5 Å². The van der Waals surface area contributed by atoms with Crippen LogP contribution in [0, 0.1) is 13.8 Å². The number of H-pyrrole nitrogens is 1. The van der Waals surface area contributed by atoms with Crippen molar-refractivity contribution in [2.45, 2.75) is 19.1 Å². The first kappa shape index (κ1) is 19.2. The monoisotopic (exact) mass is 441 g/mol. The molecule has 1 aliphatic heterocycles. The van der Waals surface area contributed by atoms with Crippen LogP contribution in [0.3, 0.4) is 0 Å². The number of thioether (sulfide) groups is 1. The number of aromatic amines is 1. The molecule has 5 rings (SSSR count). The summed E-state index contributed by atoms with van der Waals surface area (Å²) in [5, 5.41) is 17.9. The van der Waals surface area contributed by atoms with Crippen LogP contribution in [-0.2, 0) is 4.79 Å². The number of nitrogens with zero attached hydrogens (tertiary/aromatic N) is 3. The Hall–Kier alpha value is -3.80. The second-order valence-corrected chi connectivity index (χ2v) is 7.58. The fourth-order valence-electron chi connectivity index (χ4n) is 3.24. The second-order valence-electron chi connectivity index (χ2n) is 6.65. The van der Waals surface area contributed by atoms with E-state index < -0.39 is 11.5 Å². The standard InChI is InChI=1S/C19H15N5O6S/c1-8-14-9(2)29-18(15(14)16(26)22-21-8)20-13(25)6-31-19-24-23-17(30-19)10-3-4-11-12(5-10)28-7-27-11/h3-5H,6-7H2,1-2H3,(H,20,25)(H,22,26). The summed E-state index contributed by atoms with van der Waals surface area (Å²) in [7, 11) is 0. The molecule has 0 spiro atoms. The average Bonchev–Trinajstić information content (AvgIpc) is 3.48. The molecule has 0 fully saturated rings. The highest BCUT2D eigenvalue weighted by atomic mass is 32.2. The molecule has 4 aromatic rings. The highest BCUT2D eigenvalue weighted by Crippen LogP contribution is 2.36. The van der Waals surface area contributed by atoms with E-state index in [9.17, 15) is 9.59 Å². The first-order chi connectivity index (χ1) is 15.0. The number of nitrogens with one attached hydrogen (secondary N) is 2. The molecule has 4 heterocycles. The van der Waals surface area contributed by atoms with Crippen LogP contribution in [0.2, 0.25) is 0 Å². The molecule has 3 aromatic heterocycles. The largest absolute Gasteiger partial charge is 0.454 e. The van der Waals surface area contributed by atoms with Gasteiger partial charge in [0.15, 0.2) is 11.5 Å². The SMILES string of the molecule is Cc1n[nH]c(=O)c2c(NC(=O)CSc3nnc(-c4ccc5c(c4)OCO5)o3)oc(C)c12. The molecule has 0 radical (unpaired) electrons. The van der Waals surface area contributed by atoms with Crippen molar-refractivity contribution in [3.8, 4) is 23.0 Å². The Bertz CT molecular complexity index is 1370. The molecule has 1 amide bonds. The van der Waals surface area contributed by atoms with Gasteiger partial charge in [0.05, 0.1) is 16.8 Å². The molecule has 0 bridgehead atoms. The first-order valence-corrected chi connectivity index (χ1v) is 10.1. The van der Waals surface area contributed by atoms with E-state index in [-0.39, 0.29) is 29.0 Å². The van der Waals surface area contributed by atoms with E-state index in [0.717, 1.165) is 11.8 Å². The van der Waals surface area contributed by atoms with E-state index in [2.05, 4.69) is 25.7 Å². The summed E-state index contributed by atoms with van der Waals surface area (Å²) in [6.07, 6.45) is 0. The van der Waals surface area contributed by atoms with Gasteiger partial charge in [-0.2, -0.15) is 5.10 Å². The van der Waals surface area contributed by atoms with Gasteiger partial charge in [0.25, 0.3) is 10.8 Å². The number of carbonyl (C=O) groups excluding carboxylic acids is 1. The molecule has 0 aliphatic carbocycles. The normalized spacial score (nSPS) is 12.5. The maximum atomic E-state index is 12.4. The fraction of sp³-hybridized carbons (Fsp3) is 0.211. The lowest BCUT2D eigenvalue weighted by Crippen LogP contribution is -2.16. The quantitative estimate of drug-likeness (QED) is 0.443. The van der Waals surface area contributed by atoms with Crippen molar-refractivity contribution in [3.05, 3.63) is 40.0 Å². The van der Waals surface area contributed by atoms with E-state index in [1.54, 1.807) is 32.0 Å². The number of fused-ring (bicyclic) bond motifs is 2. The smallest absolute Gasteiger partial charge is 0.277 e. The minimum atomic E-state index is -0.439. The first-order valence-electron chi connectivity index (χ1n) is 9.14. The fourth-order valence-corrected chi connectivity index (χ4v) is 3.80. The Kier molecular flexibility index (Phi) is 4.62. The van der Waals surface area contributed by atoms with Crippen LogP contribution in [0.15, 0.2) is 37.1 Å². The molecule has 0 saturated carbocycles. The van der Waals surface area contributed by atoms with Gasteiger partial charge in [-0.05, 0) is 32.0 Å². The highest BCUT2D eigenvalue weighted by molar-refractivity contribution is 7.99. The van der Waals surface area contributed by atoms with Crippen LogP contribution >= 0.6 is 11.8 Å². The van der Waals surface area contributed by atoms with Gasteiger partial charge in [-0.3, -0.25) is 14.9 Å². The number of aromatic nitrogens is 4. The van der Waals surface area contributed by atoms with Gasteiger partial charge in [0, 0.05) is 5.56 Å². The van der Waals surface area contributed by atoms with Crippen molar-refractivity contribution in [1.82, 2.24) is 20.4 Å². The molecule has 1 aliphatic rings. The Labute approximate surface area is 178 Å². The molecule has 158 valence electrons. The summed E-state index contributed by atoms with van der Waals surface area (Å²) in [4.78, 5) is 24.5. The number of hydrogen-bond donors (Lipinski definition) is 2. The molecule has 11 nitrogen and oxygen atoms in total. The molecule has 0 atom stereocenters. The Morgan fingerprint density at radius 1 is 1.16 bits per heavy atom. The van der Waals surface area contributed by atoms with E-state index in [4.69, 9.17) is 18.3 Å². The number of ether oxygens (including phenoxy) is 2. The van der Waals surface area contributed by atoms with Crippen LogP contribution in [0.4, 0.5) is 5.88 Å². The molecule has 12 heteroatoms. The van der Waals surface area contributed by atoms with Crippen molar-refractivity contribution in [2.75, 3.05) is 17.9 Å². The maximum Gasteiger partial charge on any atom is 0.277 e. The van der Waals surface area contributed by atoms with Crippen LogP contribution < -0.4 is 20.3 Å². The van der Waals surface area contributed by atoms with Crippen molar-refractivity contribution in [2.24, 2.45) is 0 Å². The third kappa shape index (κ3) is 3.50. The molecular weight excluding hydrogens is 426 g/mol. The molecule has 1 aromatic carbocycles. The summed E-state index contributed by atoms with van der Waals surface area (Å²) in [6, 6.07) is 5.29. The van der Waals surface area contributed by atoms with Gasteiger partial charge >= 0.3 is 0 Å². The van der Waals surface area contributed by atoms with Crippen LogP contribution in [0.5, 0.6) is 11.5 Å². The van der Waals surface area contributed by atoms with E-state index in [1.807, 2.05) is 0 Å². The molecular formula is C19H15N5O6S. The maximum absolute atomic E-state index is 12.4. The molecule has 0 unspecified atom stereocenters. The number of hydrogen-bond acceptors (Lipinski definition) is 10. The van der Waals surface area contributed by atoms with E-state index in [1.165, 1.54) is 0 Å². The Morgan fingerprint density at radius 3 is 2.87 bits per heavy atom. The average molecular weight is 441 g/mol. The van der Waals surface area contributed by atoms with Crippen molar-refractivity contribution < 1.29 is 23.1 Å². The van der Waals surface area contributed by atoms with Gasteiger partial charge in [-0.15, -0.1) is 10.2 Å². The molecule has 0 saturated heterocycles. The number of benzene rings is 1. The third-order valence-electron chi connectivity index (χ3n) is 4.60. The number of furan rings is 1. The third-order valence-corrected chi connectivity index (χ3v) is 5.42. The summed E-state index contributed by atoms with van der Waals surface area (Å²) in [5.74, 6) is 1.72. The number of amides is 1. The van der Waals surface area contributed by atoms with E-state index in [0.29, 0.717) is 39.8 Å². The number of aryl methyl sites for hydroxylation is 2. The molecule has 2 N–H and O–H groups in total. The van der Waals surface area contributed by atoms with Crippen molar-refractivity contribution in [1.29, 1.82) is 0 Å². The lowest BCUT2D eigenvalue weighted by atomic mass is 10.2. The van der Waals surface area contributed by atoms with Gasteiger partial charge in [-0.25, -0.2) is 5.10 Å². The Morgan fingerprint density at radius 2 is 2.00 bits per heavy atom. The van der Waals surface area contributed by atoms with Gasteiger partial charge < -0.3 is 18.3 Å².